The van der Waals surface area contributed by atoms with E-state index >= 15 is 0 Å². The third-order valence-corrected chi connectivity index (χ3v) is 7.26. The van der Waals surface area contributed by atoms with Gasteiger partial charge in [-0.15, -0.1) is 12.4 Å². The van der Waals surface area contributed by atoms with Crippen LogP contribution in [0.2, 0.25) is 0 Å². The Bertz CT molecular complexity index is 760. The number of nitrogens with one attached hydrogen (secondary N) is 1. The SMILES string of the molecule is CCN(CC)S(=O)(=O)c1ccc(N2CCCC2)c(NC(=O)C(C)C(C)N)c1.Cl. The maximum Gasteiger partial charge on any atom is 0.243 e. The van der Waals surface area contributed by atoms with Gasteiger partial charge in [-0.3, -0.25) is 4.79 Å². The quantitative estimate of drug-likeness (QED) is 0.658. The van der Waals surface area contributed by atoms with Crippen LogP contribution < -0.4 is 16.0 Å². The van der Waals surface area contributed by atoms with Gasteiger partial charge in [0.2, 0.25) is 15.9 Å². The Morgan fingerprint density at radius 2 is 1.79 bits per heavy atom. The first-order valence-electron chi connectivity index (χ1n) is 9.67. The molecule has 1 aliphatic rings. The number of hydrogen-bond acceptors (Lipinski definition) is 5. The minimum atomic E-state index is -3.60. The van der Waals surface area contributed by atoms with Gasteiger partial charge in [0.25, 0.3) is 0 Å². The normalized spacial score (nSPS) is 16.6. The van der Waals surface area contributed by atoms with E-state index in [1.165, 1.54) is 4.31 Å². The monoisotopic (exact) mass is 432 g/mol. The predicted molar refractivity (Wildman–Crippen MR) is 117 cm³/mol. The molecule has 1 aromatic rings. The van der Waals surface area contributed by atoms with Gasteiger partial charge in [-0.1, -0.05) is 20.8 Å². The van der Waals surface area contributed by atoms with Crippen molar-refractivity contribution in [3.63, 3.8) is 0 Å². The Labute approximate surface area is 175 Å². The summed E-state index contributed by atoms with van der Waals surface area (Å²) in [6, 6.07) is 4.72. The first kappa shape index (κ1) is 24.7. The highest BCUT2D eigenvalue weighted by atomic mass is 35.5. The largest absolute Gasteiger partial charge is 0.370 e. The Hall–Kier alpha value is -1.35. The fourth-order valence-electron chi connectivity index (χ4n) is 3.21. The zero-order valence-electron chi connectivity index (χ0n) is 17.1. The molecule has 1 aromatic carbocycles. The van der Waals surface area contributed by atoms with Gasteiger partial charge >= 0.3 is 0 Å². The van der Waals surface area contributed by atoms with Crippen molar-refractivity contribution < 1.29 is 13.2 Å². The summed E-state index contributed by atoms with van der Waals surface area (Å²) in [5.41, 5.74) is 7.24. The molecule has 1 fully saturated rings. The van der Waals surface area contributed by atoms with Gasteiger partial charge in [0.05, 0.1) is 22.2 Å². The minimum absolute atomic E-state index is 0. The fraction of sp³-hybridized carbons (Fsp3) is 0.632. The molecule has 28 heavy (non-hydrogen) atoms. The molecule has 1 aliphatic heterocycles. The van der Waals surface area contributed by atoms with Gasteiger partial charge in [-0.05, 0) is 38.0 Å². The number of amides is 1. The summed E-state index contributed by atoms with van der Waals surface area (Å²) < 4.78 is 27.2. The second-order valence-corrected chi connectivity index (χ2v) is 9.04. The molecule has 0 aromatic heterocycles. The van der Waals surface area contributed by atoms with Crippen molar-refractivity contribution in [3.05, 3.63) is 18.2 Å². The van der Waals surface area contributed by atoms with Gasteiger partial charge in [0.15, 0.2) is 0 Å². The molecule has 0 spiro atoms. The first-order valence-corrected chi connectivity index (χ1v) is 11.1. The van der Waals surface area contributed by atoms with E-state index in [4.69, 9.17) is 5.73 Å². The summed E-state index contributed by atoms with van der Waals surface area (Å²) in [5, 5.41) is 2.91. The van der Waals surface area contributed by atoms with E-state index in [2.05, 4.69) is 10.2 Å². The number of carbonyl (C=O) groups is 1. The number of nitrogens with two attached hydrogens (primary N) is 1. The molecular formula is C19H33ClN4O3S. The molecule has 160 valence electrons. The standard InChI is InChI=1S/C19H32N4O3S.ClH/c1-5-23(6-2)27(25,26)16-9-10-18(22-11-7-8-12-22)17(13-16)21-19(24)14(3)15(4)20;/h9-10,13-15H,5-8,11-12,20H2,1-4H3,(H,21,24);1H. The zero-order valence-corrected chi connectivity index (χ0v) is 18.8. The van der Waals surface area contributed by atoms with E-state index in [-0.39, 0.29) is 35.2 Å². The summed E-state index contributed by atoms with van der Waals surface area (Å²) >= 11 is 0. The molecule has 2 unspecified atom stereocenters. The average molecular weight is 433 g/mol. The molecule has 0 saturated carbocycles. The molecule has 1 amide bonds. The zero-order chi connectivity index (χ0) is 20.2. The molecule has 2 rings (SSSR count). The van der Waals surface area contributed by atoms with Crippen molar-refractivity contribution in [2.24, 2.45) is 11.7 Å². The lowest BCUT2D eigenvalue weighted by molar-refractivity contribution is -0.119. The molecule has 1 saturated heterocycles. The number of nitrogens with zero attached hydrogens (tertiary/aromatic N) is 2. The number of hydrogen-bond donors (Lipinski definition) is 2. The minimum Gasteiger partial charge on any atom is -0.370 e. The smallest absolute Gasteiger partial charge is 0.243 e. The summed E-state index contributed by atoms with van der Waals surface area (Å²) in [4.78, 5) is 14.9. The number of halogens is 1. The second-order valence-electron chi connectivity index (χ2n) is 7.10. The highest BCUT2D eigenvalue weighted by Gasteiger charge is 2.26. The Balaban J connectivity index is 0.00000392. The molecule has 0 radical (unpaired) electrons. The third kappa shape index (κ3) is 5.37. The van der Waals surface area contributed by atoms with Crippen LogP contribution in [0.25, 0.3) is 0 Å². The molecule has 1 heterocycles. The van der Waals surface area contributed by atoms with Crippen LogP contribution >= 0.6 is 12.4 Å². The predicted octanol–water partition coefficient (Wildman–Crippen LogP) is 2.66. The van der Waals surface area contributed by atoms with E-state index in [1.807, 2.05) is 13.8 Å². The topological polar surface area (TPSA) is 95.7 Å². The van der Waals surface area contributed by atoms with Crippen molar-refractivity contribution in [3.8, 4) is 0 Å². The fourth-order valence-corrected chi connectivity index (χ4v) is 4.69. The number of carbonyl (C=O) groups excluding carboxylic acids is 1. The summed E-state index contributed by atoms with van der Waals surface area (Å²) in [7, 11) is -3.60. The van der Waals surface area contributed by atoms with Crippen LogP contribution in [0, 0.1) is 5.92 Å². The number of rotatable bonds is 8. The highest BCUT2D eigenvalue weighted by Crippen LogP contribution is 2.32. The second kappa shape index (κ2) is 10.4. The maximum absolute atomic E-state index is 12.9. The Kier molecular flexibility index (Phi) is 9.20. The van der Waals surface area contributed by atoms with Crippen molar-refractivity contribution in [2.45, 2.75) is 51.5 Å². The third-order valence-electron chi connectivity index (χ3n) is 5.22. The van der Waals surface area contributed by atoms with Crippen LogP contribution in [-0.2, 0) is 14.8 Å². The molecule has 2 atom stereocenters. The van der Waals surface area contributed by atoms with Crippen molar-refractivity contribution in [1.29, 1.82) is 0 Å². The lowest BCUT2D eigenvalue weighted by atomic mass is 10.0. The molecular weight excluding hydrogens is 400 g/mol. The van der Waals surface area contributed by atoms with E-state index < -0.39 is 10.0 Å². The van der Waals surface area contributed by atoms with Gasteiger partial charge in [-0.25, -0.2) is 8.42 Å². The van der Waals surface area contributed by atoms with E-state index in [1.54, 1.807) is 32.0 Å². The lowest BCUT2D eigenvalue weighted by Gasteiger charge is -2.25. The molecule has 0 bridgehead atoms. The van der Waals surface area contributed by atoms with Gasteiger partial charge < -0.3 is 16.0 Å². The molecule has 3 N–H and O–H groups in total. The maximum atomic E-state index is 12.9. The summed E-state index contributed by atoms with van der Waals surface area (Å²) in [5.74, 6) is -0.581. The first-order chi connectivity index (χ1) is 12.7. The van der Waals surface area contributed by atoms with Crippen LogP contribution in [0.5, 0.6) is 0 Å². The number of sulfonamides is 1. The lowest BCUT2D eigenvalue weighted by Crippen LogP contribution is -2.35. The van der Waals surface area contributed by atoms with Gasteiger partial charge in [0, 0.05) is 32.2 Å². The molecule has 0 aliphatic carbocycles. The van der Waals surface area contributed by atoms with E-state index in [0.717, 1.165) is 31.6 Å². The van der Waals surface area contributed by atoms with Crippen LogP contribution in [0.3, 0.4) is 0 Å². The van der Waals surface area contributed by atoms with Crippen molar-refractivity contribution >= 4 is 39.7 Å². The van der Waals surface area contributed by atoms with Crippen LogP contribution in [0.15, 0.2) is 23.1 Å². The van der Waals surface area contributed by atoms with Crippen LogP contribution in [0.4, 0.5) is 11.4 Å². The Morgan fingerprint density at radius 3 is 2.29 bits per heavy atom. The van der Waals surface area contributed by atoms with Gasteiger partial charge in [-0.2, -0.15) is 4.31 Å². The highest BCUT2D eigenvalue weighted by molar-refractivity contribution is 7.89. The molecule has 7 nitrogen and oxygen atoms in total. The van der Waals surface area contributed by atoms with Gasteiger partial charge in [0.1, 0.15) is 0 Å². The summed E-state index contributed by atoms with van der Waals surface area (Å²) in [6.07, 6.45) is 2.17. The van der Waals surface area contributed by atoms with Crippen LogP contribution in [0.1, 0.15) is 40.5 Å². The van der Waals surface area contributed by atoms with Crippen molar-refractivity contribution in [2.75, 3.05) is 36.4 Å². The van der Waals surface area contributed by atoms with Crippen molar-refractivity contribution in [1.82, 2.24) is 4.31 Å². The van der Waals surface area contributed by atoms with E-state index in [0.29, 0.717) is 18.8 Å². The summed E-state index contributed by atoms with van der Waals surface area (Å²) in [6.45, 7) is 9.77. The average Bonchev–Trinajstić information content (AvgIpc) is 3.16. The van der Waals surface area contributed by atoms with E-state index in [9.17, 15) is 13.2 Å². The number of benzene rings is 1. The number of anilines is 2. The Morgan fingerprint density at radius 1 is 1.21 bits per heavy atom. The van der Waals surface area contributed by atoms with Crippen LogP contribution in [-0.4, -0.2) is 50.9 Å². The molecule has 9 heteroatoms.